The van der Waals surface area contributed by atoms with Crippen molar-refractivity contribution < 1.29 is 9.53 Å². The molecule has 0 spiro atoms. The zero-order chi connectivity index (χ0) is 17.6. The van der Waals surface area contributed by atoms with Crippen LogP contribution in [0.3, 0.4) is 0 Å². The minimum atomic E-state index is -0.0728. The molecule has 0 bridgehead atoms. The summed E-state index contributed by atoms with van der Waals surface area (Å²) in [5.74, 6) is 0.715. The second kappa shape index (κ2) is 8.07. The van der Waals surface area contributed by atoms with Gasteiger partial charge < -0.3 is 19.9 Å². The Bertz CT molecular complexity index is 718. The van der Waals surface area contributed by atoms with E-state index in [1.807, 2.05) is 23.1 Å². The first-order valence-corrected chi connectivity index (χ1v) is 8.55. The van der Waals surface area contributed by atoms with Crippen molar-refractivity contribution in [2.24, 2.45) is 0 Å². The maximum absolute atomic E-state index is 12.4. The van der Waals surface area contributed by atoms with Crippen LogP contribution in [0.15, 0.2) is 42.7 Å². The van der Waals surface area contributed by atoms with Crippen molar-refractivity contribution in [2.75, 3.05) is 38.2 Å². The number of pyridine rings is 1. The molecule has 0 aliphatic carbocycles. The van der Waals surface area contributed by atoms with E-state index < -0.39 is 0 Å². The number of halogens is 1. The van der Waals surface area contributed by atoms with E-state index in [1.165, 1.54) is 0 Å². The highest BCUT2D eigenvalue weighted by atomic mass is 35.5. The summed E-state index contributed by atoms with van der Waals surface area (Å²) in [5, 5.41) is 3.57. The van der Waals surface area contributed by atoms with E-state index in [9.17, 15) is 4.79 Å². The molecule has 0 radical (unpaired) electrons. The molecular formula is C18H21ClN4O2. The predicted octanol–water partition coefficient (Wildman–Crippen LogP) is 2.78. The smallest absolute Gasteiger partial charge is 0.317 e. The van der Waals surface area contributed by atoms with Crippen LogP contribution < -0.4 is 15.0 Å². The number of hydrogen-bond acceptors (Lipinski definition) is 4. The number of amides is 2. The molecule has 1 fully saturated rings. The van der Waals surface area contributed by atoms with Gasteiger partial charge in [-0.25, -0.2) is 4.79 Å². The van der Waals surface area contributed by atoms with Gasteiger partial charge in [-0.05, 0) is 30.3 Å². The molecule has 2 aromatic rings. The molecule has 2 heterocycles. The number of nitrogens with zero attached hydrogens (tertiary/aromatic N) is 3. The van der Waals surface area contributed by atoms with E-state index in [0.29, 0.717) is 30.4 Å². The van der Waals surface area contributed by atoms with E-state index in [1.54, 1.807) is 31.6 Å². The van der Waals surface area contributed by atoms with Crippen molar-refractivity contribution >= 4 is 23.3 Å². The van der Waals surface area contributed by atoms with Crippen LogP contribution in [-0.4, -0.2) is 49.2 Å². The molecule has 6 nitrogen and oxygen atoms in total. The molecule has 1 aromatic carbocycles. The second-order valence-corrected chi connectivity index (χ2v) is 6.23. The third-order valence-electron chi connectivity index (χ3n) is 4.27. The van der Waals surface area contributed by atoms with Crippen LogP contribution in [0.5, 0.6) is 5.75 Å². The standard InChI is InChI=1S/C18H21ClN4O2/c1-25-17-3-2-15(19)12-14(17)13-21-18(24)23-10-8-22(9-11-23)16-4-6-20-7-5-16/h2-7,12H,8-11,13H2,1H3,(H,21,24). The van der Waals surface area contributed by atoms with Crippen molar-refractivity contribution in [1.82, 2.24) is 15.2 Å². The summed E-state index contributed by atoms with van der Waals surface area (Å²) in [5.41, 5.74) is 2.00. The van der Waals surface area contributed by atoms with E-state index in [2.05, 4.69) is 15.2 Å². The monoisotopic (exact) mass is 360 g/mol. The van der Waals surface area contributed by atoms with Gasteiger partial charge in [-0.15, -0.1) is 0 Å². The van der Waals surface area contributed by atoms with Gasteiger partial charge in [-0.3, -0.25) is 4.98 Å². The number of piperazine rings is 1. The fourth-order valence-corrected chi connectivity index (χ4v) is 3.09. The maximum atomic E-state index is 12.4. The van der Waals surface area contributed by atoms with Crippen molar-refractivity contribution in [1.29, 1.82) is 0 Å². The quantitative estimate of drug-likeness (QED) is 0.910. The van der Waals surface area contributed by atoms with Crippen LogP contribution in [-0.2, 0) is 6.54 Å². The molecule has 1 N–H and O–H groups in total. The number of aromatic nitrogens is 1. The lowest BCUT2D eigenvalue weighted by molar-refractivity contribution is 0.194. The van der Waals surface area contributed by atoms with Crippen LogP contribution in [0.25, 0.3) is 0 Å². The lowest BCUT2D eigenvalue weighted by Gasteiger charge is -2.36. The molecule has 7 heteroatoms. The fourth-order valence-electron chi connectivity index (χ4n) is 2.89. The Kier molecular flexibility index (Phi) is 5.60. The summed E-state index contributed by atoms with van der Waals surface area (Å²) < 4.78 is 5.31. The second-order valence-electron chi connectivity index (χ2n) is 5.79. The van der Waals surface area contributed by atoms with Gasteiger partial charge in [0.1, 0.15) is 5.75 Å². The zero-order valence-electron chi connectivity index (χ0n) is 14.1. The van der Waals surface area contributed by atoms with Gasteiger partial charge >= 0.3 is 6.03 Å². The van der Waals surface area contributed by atoms with Crippen molar-refractivity contribution in [3.63, 3.8) is 0 Å². The Morgan fingerprint density at radius 3 is 2.60 bits per heavy atom. The van der Waals surface area contributed by atoms with Crippen molar-refractivity contribution in [3.8, 4) is 5.75 Å². The Morgan fingerprint density at radius 1 is 1.20 bits per heavy atom. The van der Waals surface area contributed by atoms with E-state index in [4.69, 9.17) is 16.3 Å². The van der Waals surface area contributed by atoms with Gasteiger partial charge in [-0.1, -0.05) is 11.6 Å². The van der Waals surface area contributed by atoms with Crippen LogP contribution in [0, 0.1) is 0 Å². The topological polar surface area (TPSA) is 57.7 Å². The highest BCUT2D eigenvalue weighted by molar-refractivity contribution is 6.30. The maximum Gasteiger partial charge on any atom is 0.317 e. The average Bonchev–Trinajstić information content (AvgIpc) is 2.67. The number of carbonyl (C=O) groups excluding carboxylic acids is 1. The first-order valence-electron chi connectivity index (χ1n) is 8.17. The summed E-state index contributed by atoms with van der Waals surface area (Å²) in [4.78, 5) is 20.5. The Morgan fingerprint density at radius 2 is 1.92 bits per heavy atom. The van der Waals surface area contributed by atoms with Gasteiger partial charge in [0.15, 0.2) is 0 Å². The van der Waals surface area contributed by atoms with E-state index in [-0.39, 0.29) is 6.03 Å². The molecule has 2 amide bonds. The number of anilines is 1. The fraction of sp³-hybridized carbons (Fsp3) is 0.333. The normalized spacial score (nSPS) is 14.3. The molecule has 0 atom stereocenters. The Labute approximate surface area is 152 Å². The van der Waals surface area contributed by atoms with Crippen LogP contribution in [0.2, 0.25) is 5.02 Å². The molecule has 132 valence electrons. The van der Waals surface area contributed by atoms with Crippen molar-refractivity contribution in [3.05, 3.63) is 53.3 Å². The number of methoxy groups -OCH3 is 1. The summed E-state index contributed by atoms with van der Waals surface area (Å²) in [7, 11) is 1.60. The van der Waals surface area contributed by atoms with Crippen molar-refractivity contribution in [2.45, 2.75) is 6.54 Å². The molecule has 3 rings (SSSR count). The van der Waals surface area contributed by atoms with Gasteiger partial charge in [0.2, 0.25) is 0 Å². The number of benzene rings is 1. The molecular weight excluding hydrogens is 340 g/mol. The Hall–Kier alpha value is -2.47. The van der Waals surface area contributed by atoms with E-state index in [0.717, 1.165) is 24.3 Å². The number of carbonyl (C=O) groups is 1. The predicted molar refractivity (Wildman–Crippen MR) is 98.3 cm³/mol. The molecule has 1 aliphatic rings. The average molecular weight is 361 g/mol. The summed E-state index contributed by atoms with van der Waals surface area (Å²) in [6.45, 7) is 3.35. The third-order valence-corrected chi connectivity index (χ3v) is 4.50. The lowest BCUT2D eigenvalue weighted by atomic mass is 10.2. The summed E-state index contributed by atoms with van der Waals surface area (Å²) >= 11 is 6.02. The molecule has 1 aromatic heterocycles. The van der Waals surface area contributed by atoms with E-state index >= 15 is 0 Å². The number of hydrogen-bond donors (Lipinski definition) is 1. The van der Waals surface area contributed by atoms with Crippen LogP contribution >= 0.6 is 11.6 Å². The minimum absolute atomic E-state index is 0.0728. The highest BCUT2D eigenvalue weighted by Crippen LogP contribution is 2.22. The largest absolute Gasteiger partial charge is 0.496 e. The SMILES string of the molecule is COc1ccc(Cl)cc1CNC(=O)N1CCN(c2ccncc2)CC1. The summed E-state index contributed by atoms with van der Waals surface area (Å²) in [6, 6.07) is 9.28. The third kappa shape index (κ3) is 4.33. The number of urea groups is 1. The summed E-state index contributed by atoms with van der Waals surface area (Å²) in [6.07, 6.45) is 3.57. The highest BCUT2D eigenvalue weighted by Gasteiger charge is 2.21. The Balaban J connectivity index is 1.52. The zero-order valence-corrected chi connectivity index (χ0v) is 14.9. The first kappa shape index (κ1) is 17.4. The molecule has 1 saturated heterocycles. The number of nitrogens with one attached hydrogen (secondary N) is 1. The van der Waals surface area contributed by atoms with Gasteiger partial charge in [0.25, 0.3) is 0 Å². The van der Waals surface area contributed by atoms with Crippen LogP contribution in [0.1, 0.15) is 5.56 Å². The van der Waals surface area contributed by atoms with Crippen LogP contribution in [0.4, 0.5) is 10.5 Å². The number of ether oxygens (including phenoxy) is 1. The molecule has 0 saturated carbocycles. The minimum Gasteiger partial charge on any atom is -0.496 e. The van der Waals surface area contributed by atoms with Gasteiger partial charge in [0, 0.05) is 61.4 Å². The van der Waals surface area contributed by atoms with Gasteiger partial charge in [0.05, 0.1) is 7.11 Å². The lowest BCUT2D eigenvalue weighted by Crippen LogP contribution is -2.51. The first-order chi connectivity index (χ1) is 12.2. The molecule has 0 unspecified atom stereocenters. The molecule has 1 aliphatic heterocycles. The molecule has 25 heavy (non-hydrogen) atoms. The number of rotatable bonds is 4. The van der Waals surface area contributed by atoms with Gasteiger partial charge in [-0.2, -0.15) is 0 Å².